The number of rotatable bonds is 1. The van der Waals surface area contributed by atoms with Gasteiger partial charge in [0.2, 0.25) is 0 Å². The number of benzene rings is 1. The molecule has 2 aromatic rings. The number of hydrogen-bond acceptors (Lipinski definition) is 4. The second kappa shape index (κ2) is 3.96. The molecule has 1 aromatic carbocycles. The van der Waals surface area contributed by atoms with Crippen LogP contribution in [0.4, 0.5) is 0 Å². The van der Waals surface area contributed by atoms with Gasteiger partial charge in [-0.15, -0.1) is 0 Å². The number of nitrogens with one attached hydrogen (secondary N) is 1. The third-order valence-electron chi connectivity index (χ3n) is 3.15. The van der Waals surface area contributed by atoms with Crippen LogP contribution in [-0.4, -0.2) is 18.1 Å². The van der Waals surface area contributed by atoms with Gasteiger partial charge in [0.1, 0.15) is 0 Å². The van der Waals surface area contributed by atoms with Gasteiger partial charge in [-0.1, -0.05) is 6.07 Å². The van der Waals surface area contributed by atoms with E-state index in [1.807, 2.05) is 6.07 Å². The van der Waals surface area contributed by atoms with Crippen LogP contribution in [0, 0.1) is 0 Å². The minimum absolute atomic E-state index is 0.156. The molecule has 3 rings (SSSR count). The summed E-state index contributed by atoms with van der Waals surface area (Å²) in [6, 6.07) is 5.12. The van der Waals surface area contributed by atoms with Crippen molar-refractivity contribution < 1.29 is 14.3 Å². The Kier molecular flexibility index (Phi) is 2.41. The van der Waals surface area contributed by atoms with Gasteiger partial charge in [-0.3, -0.25) is 4.79 Å². The van der Waals surface area contributed by atoms with Gasteiger partial charge < -0.3 is 14.5 Å². The summed E-state index contributed by atoms with van der Waals surface area (Å²) in [5.74, 6) is -0.422. The Bertz CT molecular complexity index is 702. The number of fused-ring (bicyclic) bond motifs is 3. The molecule has 1 aliphatic rings. The number of aromatic nitrogens is 1. The highest BCUT2D eigenvalue weighted by atomic mass is 16.5. The molecule has 5 heteroatoms. The SMILES string of the molecule is COC(=O)c1ccc2c3c(c(=O)[nH]c2c1)COC3. The second-order valence-electron chi connectivity index (χ2n) is 4.16. The fourth-order valence-electron chi connectivity index (χ4n) is 2.23. The molecule has 0 spiro atoms. The lowest BCUT2D eigenvalue weighted by Crippen LogP contribution is -2.13. The number of carbonyl (C=O) groups is 1. The van der Waals surface area contributed by atoms with Gasteiger partial charge in [-0.2, -0.15) is 0 Å². The van der Waals surface area contributed by atoms with Crippen molar-refractivity contribution in [2.24, 2.45) is 0 Å². The van der Waals surface area contributed by atoms with Crippen LogP contribution in [0.2, 0.25) is 0 Å². The average molecular weight is 245 g/mol. The highest BCUT2D eigenvalue weighted by Gasteiger charge is 2.19. The third kappa shape index (κ3) is 1.52. The summed E-state index contributed by atoms with van der Waals surface area (Å²) in [6.45, 7) is 0.784. The zero-order chi connectivity index (χ0) is 12.7. The largest absolute Gasteiger partial charge is 0.465 e. The molecule has 5 nitrogen and oxygen atoms in total. The fraction of sp³-hybridized carbons (Fsp3) is 0.231. The number of methoxy groups -OCH3 is 1. The summed E-state index contributed by atoms with van der Waals surface area (Å²) < 4.78 is 9.94. The molecule has 0 amide bonds. The van der Waals surface area contributed by atoms with E-state index in [1.165, 1.54) is 7.11 Å². The van der Waals surface area contributed by atoms with E-state index in [2.05, 4.69) is 9.72 Å². The van der Waals surface area contributed by atoms with Crippen LogP contribution in [-0.2, 0) is 22.7 Å². The number of hydrogen-bond donors (Lipinski definition) is 1. The smallest absolute Gasteiger partial charge is 0.337 e. The van der Waals surface area contributed by atoms with Gasteiger partial charge in [0.15, 0.2) is 0 Å². The van der Waals surface area contributed by atoms with Crippen molar-refractivity contribution in [3.05, 3.63) is 45.2 Å². The van der Waals surface area contributed by atoms with Gasteiger partial charge in [-0.25, -0.2) is 4.79 Å². The van der Waals surface area contributed by atoms with Crippen molar-refractivity contribution >= 4 is 16.9 Å². The van der Waals surface area contributed by atoms with Gasteiger partial charge in [-0.05, 0) is 17.7 Å². The van der Waals surface area contributed by atoms with Crippen LogP contribution in [0.25, 0.3) is 10.9 Å². The van der Waals surface area contributed by atoms with E-state index in [-0.39, 0.29) is 5.56 Å². The van der Waals surface area contributed by atoms with E-state index in [0.29, 0.717) is 29.9 Å². The summed E-state index contributed by atoms with van der Waals surface area (Å²) in [7, 11) is 1.33. The van der Waals surface area contributed by atoms with Crippen LogP contribution in [0.3, 0.4) is 0 Å². The molecular weight excluding hydrogens is 234 g/mol. The first kappa shape index (κ1) is 11.0. The molecule has 0 saturated heterocycles. The minimum atomic E-state index is -0.422. The van der Waals surface area contributed by atoms with E-state index in [0.717, 1.165) is 10.9 Å². The van der Waals surface area contributed by atoms with Crippen molar-refractivity contribution in [3.8, 4) is 0 Å². The summed E-state index contributed by atoms with van der Waals surface area (Å²) in [5, 5.41) is 0.912. The molecule has 0 aliphatic carbocycles. The summed E-state index contributed by atoms with van der Waals surface area (Å²) in [6.07, 6.45) is 0. The van der Waals surface area contributed by atoms with Crippen molar-refractivity contribution in [2.75, 3.05) is 7.11 Å². The Balaban J connectivity index is 2.28. The molecule has 0 bridgehead atoms. The number of pyridine rings is 1. The molecule has 1 aliphatic heterocycles. The Labute approximate surface area is 102 Å². The molecule has 0 unspecified atom stereocenters. The maximum absolute atomic E-state index is 11.8. The summed E-state index contributed by atoms with van der Waals surface area (Å²) >= 11 is 0. The highest BCUT2D eigenvalue weighted by Crippen LogP contribution is 2.25. The molecular formula is C13H11NO4. The zero-order valence-corrected chi connectivity index (χ0v) is 9.78. The predicted molar refractivity (Wildman–Crippen MR) is 64.4 cm³/mol. The first-order chi connectivity index (χ1) is 8.70. The topological polar surface area (TPSA) is 68.4 Å². The molecule has 1 N–H and O–H groups in total. The van der Waals surface area contributed by atoms with Gasteiger partial charge >= 0.3 is 5.97 Å². The van der Waals surface area contributed by atoms with Crippen LogP contribution in [0.1, 0.15) is 21.5 Å². The maximum Gasteiger partial charge on any atom is 0.337 e. The van der Waals surface area contributed by atoms with E-state index >= 15 is 0 Å². The monoisotopic (exact) mass is 245 g/mol. The van der Waals surface area contributed by atoms with Crippen molar-refractivity contribution in [1.82, 2.24) is 4.98 Å². The third-order valence-corrected chi connectivity index (χ3v) is 3.15. The lowest BCUT2D eigenvalue weighted by Gasteiger charge is -2.05. The molecule has 18 heavy (non-hydrogen) atoms. The normalized spacial score (nSPS) is 13.6. The molecule has 2 heterocycles. The van der Waals surface area contributed by atoms with E-state index in [9.17, 15) is 9.59 Å². The predicted octanol–water partition coefficient (Wildman–Crippen LogP) is 1.34. The van der Waals surface area contributed by atoms with Crippen molar-refractivity contribution in [3.63, 3.8) is 0 Å². The average Bonchev–Trinajstić information content (AvgIpc) is 2.87. The number of H-pyrrole nitrogens is 1. The lowest BCUT2D eigenvalue weighted by molar-refractivity contribution is 0.0601. The van der Waals surface area contributed by atoms with Gasteiger partial charge in [0, 0.05) is 16.5 Å². The summed E-state index contributed by atoms with van der Waals surface area (Å²) in [5.41, 5.74) is 2.47. The molecule has 0 atom stereocenters. The molecule has 1 aromatic heterocycles. The zero-order valence-electron chi connectivity index (χ0n) is 9.78. The number of aromatic amines is 1. The number of esters is 1. The van der Waals surface area contributed by atoms with E-state index in [1.54, 1.807) is 12.1 Å². The summed E-state index contributed by atoms with van der Waals surface area (Å²) in [4.78, 5) is 26.0. The Morgan fingerprint density at radius 3 is 2.89 bits per heavy atom. The lowest BCUT2D eigenvalue weighted by atomic mass is 10.0. The van der Waals surface area contributed by atoms with Crippen LogP contribution in [0.15, 0.2) is 23.0 Å². The maximum atomic E-state index is 11.8. The first-order valence-electron chi connectivity index (χ1n) is 5.54. The number of ether oxygens (including phenoxy) is 2. The van der Waals surface area contributed by atoms with Crippen LogP contribution < -0.4 is 5.56 Å². The van der Waals surface area contributed by atoms with Crippen molar-refractivity contribution in [2.45, 2.75) is 13.2 Å². The van der Waals surface area contributed by atoms with Gasteiger partial charge in [0.05, 0.1) is 25.9 Å². The van der Waals surface area contributed by atoms with Crippen LogP contribution >= 0.6 is 0 Å². The molecule has 0 radical (unpaired) electrons. The van der Waals surface area contributed by atoms with E-state index < -0.39 is 5.97 Å². The molecule has 92 valence electrons. The Morgan fingerprint density at radius 1 is 1.33 bits per heavy atom. The molecule has 0 saturated carbocycles. The molecule has 0 fully saturated rings. The van der Waals surface area contributed by atoms with Crippen LogP contribution in [0.5, 0.6) is 0 Å². The fourth-order valence-corrected chi connectivity index (χ4v) is 2.23. The quantitative estimate of drug-likeness (QED) is 0.770. The first-order valence-corrected chi connectivity index (χ1v) is 5.54. The Hall–Kier alpha value is -2.14. The highest BCUT2D eigenvalue weighted by molar-refractivity contribution is 5.95. The van der Waals surface area contributed by atoms with E-state index in [4.69, 9.17) is 4.74 Å². The van der Waals surface area contributed by atoms with Gasteiger partial charge in [0.25, 0.3) is 5.56 Å². The number of carbonyl (C=O) groups excluding carboxylic acids is 1. The standard InChI is InChI=1S/C13H11NO4/c1-17-13(16)7-2-3-8-9-5-18-6-10(9)12(15)14-11(8)4-7/h2-4H,5-6H2,1H3,(H,14,15). The van der Waals surface area contributed by atoms with Crippen molar-refractivity contribution in [1.29, 1.82) is 0 Å². The minimum Gasteiger partial charge on any atom is -0.465 e. The Morgan fingerprint density at radius 2 is 2.11 bits per heavy atom. The second-order valence-corrected chi connectivity index (χ2v) is 4.16.